The maximum Gasteiger partial charge on any atom is 0.265 e. The largest absolute Gasteiger partial charge is 0.479 e. The number of carbonyl (C=O) groups is 2. The second-order valence-electron chi connectivity index (χ2n) is 8.52. The summed E-state index contributed by atoms with van der Waals surface area (Å²) in [6.45, 7) is 6.48. The van der Waals surface area contributed by atoms with Gasteiger partial charge in [-0.2, -0.15) is 0 Å². The minimum Gasteiger partial charge on any atom is -0.479 e. The highest BCUT2D eigenvalue weighted by Crippen LogP contribution is 2.28. The van der Waals surface area contributed by atoms with Gasteiger partial charge in [0.25, 0.3) is 11.8 Å². The molecule has 3 aromatic carbocycles. The number of ether oxygens (including phenoxy) is 1. The Bertz CT molecular complexity index is 1190. The lowest BCUT2D eigenvalue weighted by molar-refractivity contribution is -0.122. The molecule has 1 heterocycles. The predicted molar refractivity (Wildman–Crippen MR) is 141 cm³/mol. The fraction of sp³-hybridized carbons (Fsp3) is 0.259. The number of rotatable bonds is 6. The first-order valence-corrected chi connectivity index (χ1v) is 12.2. The molecule has 0 aliphatic carbocycles. The monoisotopic (exact) mass is 511 g/mol. The number of hydrogen-bond donors (Lipinski definition) is 1. The third kappa shape index (κ3) is 6.27. The molecule has 1 aliphatic heterocycles. The van der Waals surface area contributed by atoms with Gasteiger partial charge in [-0.15, -0.1) is 0 Å². The van der Waals surface area contributed by atoms with Crippen molar-refractivity contribution in [3.63, 3.8) is 0 Å². The zero-order valence-electron chi connectivity index (χ0n) is 19.6. The van der Waals surface area contributed by atoms with E-state index in [9.17, 15) is 9.59 Å². The molecule has 3 aromatic rings. The van der Waals surface area contributed by atoms with Crippen LogP contribution >= 0.6 is 23.2 Å². The highest BCUT2D eigenvalue weighted by Gasteiger charge is 2.22. The molecule has 1 fully saturated rings. The van der Waals surface area contributed by atoms with E-state index in [2.05, 4.69) is 10.2 Å². The van der Waals surface area contributed by atoms with E-state index in [1.54, 1.807) is 25.1 Å². The lowest BCUT2D eigenvalue weighted by Crippen LogP contribution is -2.48. The molecule has 0 radical (unpaired) electrons. The van der Waals surface area contributed by atoms with Crippen molar-refractivity contribution in [2.75, 3.05) is 36.4 Å². The Hall–Kier alpha value is -3.22. The van der Waals surface area contributed by atoms with Crippen molar-refractivity contribution in [3.05, 3.63) is 87.9 Å². The van der Waals surface area contributed by atoms with Gasteiger partial charge in [0, 0.05) is 48.1 Å². The van der Waals surface area contributed by atoms with Crippen LogP contribution in [-0.2, 0) is 4.79 Å². The molecule has 1 N–H and O–H groups in total. The number of anilines is 2. The fourth-order valence-corrected chi connectivity index (χ4v) is 4.31. The number of amides is 2. The number of carbonyl (C=O) groups excluding carboxylic acids is 2. The van der Waals surface area contributed by atoms with Gasteiger partial charge in [-0.25, -0.2) is 0 Å². The molecule has 182 valence electrons. The van der Waals surface area contributed by atoms with Gasteiger partial charge in [-0.1, -0.05) is 40.9 Å². The Labute approximate surface area is 215 Å². The Morgan fingerprint density at radius 3 is 2.20 bits per heavy atom. The summed E-state index contributed by atoms with van der Waals surface area (Å²) in [6.07, 6.45) is -0.743. The van der Waals surface area contributed by atoms with Crippen molar-refractivity contribution >= 4 is 46.4 Å². The van der Waals surface area contributed by atoms with Crippen molar-refractivity contribution in [2.45, 2.75) is 20.0 Å². The average Bonchev–Trinajstić information content (AvgIpc) is 2.86. The first-order valence-electron chi connectivity index (χ1n) is 11.4. The number of hydrogen-bond acceptors (Lipinski definition) is 4. The minimum absolute atomic E-state index is 0.0685. The van der Waals surface area contributed by atoms with Crippen LogP contribution in [0.3, 0.4) is 0 Å². The fourth-order valence-electron chi connectivity index (χ4n) is 3.86. The lowest BCUT2D eigenvalue weighted by Gasteiger charge is -2.36. The minimum atomic E-state index is -0.743. The second kappa shape index (κ2) is 11.0. The van der Waals surface area contributed by atoms with Crippen molar-refractivity contribution in [3.8, 4) is 5.75 Å². The van der Waals surface area contributed by atoms with Crippen LogP contribution in [0.5, 0.6) is 5.75 Å². The number of nitrogens with zero attached hydrogens (tertiary/aromatic N) is 2. The molecule has 1 unspecified atom stereocenters. The SMILES string of the molecule is Cc1ccc(C(=O)N2CCN(c3ccc(NC(=O)C(C)Oc4ccc(Cl)cc4Cl)cc3)CC2)cc1. The summed E-state index contributed by atoms with van der Waals surface area (Å²) < 4.78 is 5.68. The van der Waals surface area contributed by atoms with Crippen LogP contribution < -0.4 is 15.0 Å². The molecule has 1 atom stereocenters. The highest BCUT2D eigenvalue weighted by atomic mass is 35.5. The summed E-state index contributed by atoms with van der Waals surface area (Å²) in [5.74, 6) is 0.181. The first kappa shape index (κ1) is 24.9. The Kier molecular flexibility index (Phi) is 7.83. The topological polar surface area (TPSA) is 61.9 Å². The second-order valence-corrected chi connectivity index (χ2v) is 9.36. The van der Waals surface area contributed by atoms with Crippen LogP contribution in [0, 0.1) is 6.92 Å². The molecule has 35 heavy (non-hydrogen) atoms. The van der Waals surface area contributed by atoms with Crippen LogP contribution in [0.25, 0.3) is 0 Å². The summed E-state index contributed by atoms with van der Waals surface area (Å²) in [5.41, 5.74) is 3.58. The summed E-state index contributed by atoms with van der Waals surface area (Å²) in [5, 5.41) is 3.71. The van der Waals surface area contributed by atoms with Crippen molar-refractivity contribution in [1.82, 2.24) is 4.90 Å². The van der Waals surface area contributed by atoms with E-state index in [4.69, 9.17) is 27.9 Å². The third-order valence-electron chi connectivity index (χ3n) is 5.93. The van der Waals surface area contributed by atoms with Crippen molar-refractivity contribution in [1.29, 1.82) is 0 Å². The van der Waals surface area contributed by atoms with Crippen molar-refractivity contribution < 1.29 is 14.3 Å². The van der Waals surface area contributed by atoms with Gasteiger partial charge in [0.15, 0.2) is 6.10 Å². The Morgan fingerprint density at radius 2 is 1.57 bits per heavy atom. The summed E-state index contributed by atoms with van der Waals surface area (Å²) in [4.78, 5) is 29.4. The summed E-state index contributed by atoms with van der Waals surface area (Å²) >= 11 is 12.0. The van der Waals surface area contributed by atoms with E-state index in [1.807, 2.05) is 60.4 Å². The molecule has 2 amide bonds. The summed E-state index contributed by atoms with van der Waals surface area (Å²) in [7, 11) is 0. The molecule has 1 aliphatic rings. The van der Waals surface area contributed by atoms with Crippen LogP contribution in [0.1, 0.15) is 22.8 Å². The van der Waals surface area contributed by atoms with Crippen LogP contribution in [0.4, 0.5) is 11.4 Å². The van der Waals surface area contributed by atoms with Crippen LogP contribution in [0.2, 0.25) is 10.0 Å². The maximum absolute atomic E-state index is 12.7. The lowest BCUT2D eigenvalue weighted by atomic mass is 10.1. The molecule has 0 aromatic heterocycles. The molecule has 8 heteroatoms. The molecule has 4 rings (SSSR count). The number of nitrogens with one attached hydrogen (secondary N) is 1. The Balaban J connectivity index is 1.29. The molecule has 0 bridgehead atoms. The third-order valence-corrected chi connectivity index (χ3v) is 6.46. The van der Waals surface area contributed by atoms with Crippen LogP contribution in [-0.4, -0.2) is 49.0 Å². The smallest absolute Gasteiger partial charge is 0.265 e. The average molecular weight is 512 g/mol. The predicted octanol–water partition coefficient (Wildman–Crippen LogP) is 5.67. The van der Waals surface area contributed by atoms with Gasteiger partial charge in [-0.3, -0.25) is 9.59 Å². The quantitative estimate of drug-likeness (QED) is 0.463. The van der Waals surface area contributed by atoms with Gasteiger partial charge in [0.05, 0.1) is 5.02 Å². The van der Waals surface area contributed by atoms with Gasteiger partial charge < -0.3 is 19.9 Å². The maximum atomic E-state index is 12.7. The number of halogens is 2. The van der Waals surface area contributed by atoms with E-state index in [0.29, 0.717) is 34.6 Å². The molecule has 6 nitrogen and oxygen atoms in total. The first-order chi connectivity index (χ1) is 16.8. The van der Waals surface area contributed by atoms with Crippen molar-refractivity contribution in [2.24, 2.45) is 0 Å². The molecular formula is C27H27Cl2N3O3. The number of piperazine rings is 1. The summed E-state index contributed by atoms with van der Waals surface area (Å²) in [6, 6.07) is 20.2. The van der Waals surface area contributed by atoms with Gasteiger partial charge >= 0.3 is 0 Å². The number of aryl methyl sites for hydroxylation is 1. The van der Waals surface area contributed by atoms with Gasteiger partial charge in [0.2, 0.25) is 0 Å². The normalized spacial score (nSPS) is 14.4. The molecule has 1 saturated heterocycles. The van der Waals surface area contributed by atoms with E-state index >= 15 is 0 Å². The van der Waals surface area contributed by atoms with Gasteiger partial charge in [-0.05, 0) is 68.4 Å². The van der Waals surface area contributed by atoms with E-state index in [0.717, 1.165) is 29.9 Å². The van der Waals surface area contributed by atoms with Crippen LogP contribution in [0.15, 0.2) is 66.7 Å². The van der Waals surface area contributed by atoms with E-state index < -0.39 is 6.10 Å². The number of benzene rings is 3. The van der Waals surface area contributed by atoms with E-state index in [-0.39, 0.29) is 11.8 Å². The Morgan fingerprint density at radius 1 is 0.914 bits per heavy atom. The zero-order valence-corrected chi connectivity index (χ0v) is 21.1. The van der Waals surface area contributed by atoms with E-state index in [1.165, 1.54) is 0 Å². The molecule has 0 saturated carbocycles. The molecule has 0 spiro atoms. The highest BCUT2D eigenvalue weighted by molar-refractivity contribution is 6.35. The standard InChI is InChI=1S/C27H27Cl2N3O3/c1-18-3-5-20(6-4-18)27(34)32-15-13-31(14-16-32)23-10-8-22(9-11-23)30-26(33)19(2)35-25-12-7-21(28)17-24(25)29/h3-12,17,19H,13-16H2,1-2H3,(H,30,33). The molecular weight excluding hydrogens is 485 g/mol. The zero-order chi connectivity index (χ0) is 24.9. The van der Waals surface area contributed by atoms with Gasteiger partial charge in [0.1, 0.15) is 5.75 Å².